The smallest absolute Gasteiger partial charge is 0.220 e. The maximum atomic E-state index is 11.6. The van der Waals surface area contributed by atoms with Crippen LogP contribution in [0.25, 0.3) is 0 Å². The van der Waals surface area contributed by atoms with Gasteiger partial charge >= 0.3 is 0 Å². The quantitative estimate of drug-likeness (QED) is 0.595. The zero-order chi connectivity index (χ0) is 15.8. The number of halogens is 2. The first-order valence-corrected chi connectivity index (χ1v) is 7.19. The number of carbonyl (C=O) groups excluding carboxylic acids is 1. The monoisotopic (exact) mass is 332 g/mol. The van der Waals surface area contributed by atoms with Crippen LogP contribution in [0.1, 0.15) is 25.3 Å². The molecule has 0 aliphatic carbocycles. The molecule has 0 aliphatic rings. The highest BCUT2D eigenvalue weighted by molar-refractivity contribution is 6.42. The van der Waals surface area contributed by atoms with Gasteiger partial charge in [-0.05, 0) is 19.1 Å². The van der Waals surface area contributed by atoms with Gasteiger partial charge in [0.25, 0.3) is 0 Å². The maximum Gasteiger partial charge on any atom is 0.220 e. The van der Waals surface area contributed by atoms with E-state index < -0.39 is 6.10 Å². The predicted molar refractivity (Wildman–Crippen MR) is 83.9 cm³/mol. The van der Waals surface area contributed by atoms with Crippen molar-refractivity contribution in [1.82, 2.24) is 5.32 Å². The van der Waals surface area contributed by atoms with Crippen LogP contribution in [0.3, 0.4) is 0 Å². The summed E-state index contributed by atoms with van der Waals surface area (Å²) in [6, 6.07) is 5.10. The lowest BCUT2D eigenvalue weighted by atomic mass is 10.1. The fraction of sp³-hybridized carbons (Fsp3) is 0.429. The highest BCUT2D eigenvalue weighted by atomic mass is 35.5. The van der Waals surface area contributed by atoms with Gasteiger partial charge in [-0.2, -0.15) is 0 Å². The van der Waals surface area contributed by atoms with E-state index in [1.165, 1.54) is 7.11 Å². The van der Waals surface area contributed by atoms with Crippen molar-refractivity contribution in [2.75, 3.05) is 13.7 Å². The van der Waals surface area contributed by atoms with Gasteiger partial charge in [-0.25, -0.2) is 0 Å². The first kappa shape index (κ1) is 17.8. The minimum atomic E-state index is -0.573. The van der Waals surface area contributed by atoms with Gasteiger partial charge in [0.1, 0.15) is 7.11 Å². The van der Waals surface area contributed by atoms with Crippen LogP contribution in [0, 0.1) is 0 Å². The summed E-state index contributed by atoms with van der Waals surface area (Å²) in [4.78, 5) is 16.4. The molecule has 5 nitrogen and oxygen atoms in total. The normalized spacial score (nSPS) is 12.9. The number of nitrogens with zero attached hydrogens (tertiary/aromatic N) is 1. The predicted octanol–water partition coefficient (Wildman–Crippen LogP) is 2.62. The second kappa shape index (κ2) is 8.87. The summed E-state index contributed by atoms with van der Waals surface area (Å²) in [5.41, 5.74) is 1.35. The van der Waals surface area contributed by atoms with Gasteiger partial charge in [0.2, 0.25) is 5.91 Å². The Morgan fingerprint density at radius 1 is 1.38 bits per heavy atom. The molecular weight excluding hydrogens is 315 g/mol. The Labute approximate surface area is 133 Å². The Morgan fingerprint density at radius 2 is 2.10 bits per heavy atom. The average molecular weight is 333 g/mol. The topological polar surface area (TPSA) is 70.9 Å². The second-order valence-electron chi connectivity index (χ2n) is 4.50. The summed E-state index contributed by atoms with van der Waals surface area (Å²) in [7, 11) is 1.44. The van der Waals surface area contributed by atoms with Gasteiger partial charge in [0.15, 0.2) is 0 Å². The minimum absolute atomic E-state index is 0.167. The van der Waals surface area contributed by atoms with Crippen molar-refractivity contribution >= 4 is 34.8 Å². The van der Waals surface area contributed by atoms with Crippen LogP contribution in [-0.2, 0) is 9.63 Å². The molecule has 21 heavy (non-hydrogen) atoms. The van der Waals surface area contributed by atoms with Crippen molar-refractivity contribution in [3.05, 3.63) is 33.8 Å². The molecule has 2 N–H and O–H groups in total. The van der Waals surface area contributed by atoms with Crippen LogP contribution in [-0.4, -0.2) is 36.5 Å². The molecule has 0 heterocycles. The molecule has 1 aromatic carbocycles. The van der Waals surface area contributed by atoms with Gasteiger partial charge in [-0.15, -0.1) is 0 Å². The summed E-state index contributed by atoms with van der Waals surface area (Å²) >= 11 is 11.8. The van der Waals surface area contributed by atoms with Gasteiger partial charge < -0.3 is 15.3 Å². The van der Waals surface area contributed by atoms with Gasteiger partial charge in [-0.1, -0.05) is 34.4 Å². The number of aliphatic hydroxyl groups excluding tert-OH is 1. The van der Waals surface area contributed by atoms with Crippen molar-refractivity contribution in [2.24, 2.45) is 5.16 Å². The Balaban J connectivity index is 2.68. The van der Waals surface area contributed by atoms with E-state index in [9.17, 15) is 4.79 Å². The molecule has 0 bridgehead atoms. The summed E-state index contributed by atoms with van der Waals surface area (Å²) in [5, 5.41) is 16.5. The minimum Gasteiger partial charge on any atom is -0.399 e. The van der Waals surface area contributed by atoms with E-state index in [1.54, 1.807) is 25.1 Å². The molecule has 0 aromatic heterocycles. The highest BCUT2D eigenvalue weighted by Gasteiger charge is 2.11. The molecule has 0 spiro atoms. The number of oxime groups is 1. The fourth-order valence-corrected chi connectivity index (χ4v) is 1.91. The van der Waals surface area contributed by atoms with Crippen LogP contribution < -0.4 is 5.32 Å². The first-order valence-electron chi connectivity index (χ1n) is 6.44. The number of rotatable bonds is 7. The maximum absolute atomic E-state index is 11.6. The number of amides is 1. The number of nitrogens with one attached hydrogen (secondary N) is 1. The number of aliphatic hydroxyl groups is 1. The van der Waals surface area contributed by atoms with Gasteiger partial charge in [0, 0.05) is 24.9 Å². The molecule has 1 rings (SSSR count). The third-order valence-corrected chi connectivity index (χ3v) is 3.38. The number of hydrogen-bond acceptors (Lipinski definition) is 4. The number of hydrogen-bond donors (Lipinski definition) is 2. The first-order chi connectivity index (χ1) is 9.93. The number of carbonyl (C=O) groups is 1. The van der Waals surface area contributed by atoms with Gasteiger partial charge in [-0.3, -0.25) is 4.79 Å². The van der Waals surface area contributed by atoms with Crippen LogP contribution >= 0.6 is 23.2 Å². The molecule has 0 aliphatic heterocycles. The fourth-order valence-electron chi connectivity index (χ4n) is 1.61. The van der Waals surface area contributed by atoms with Crippen molar-refractivity contribution in [2.45, 2.75) is 25.9 Å². The van der Waals surface area contributed by atoms with Crippen LogP contribution in [0.15, 0.2) is 23.4 Å². The summed E-state index contributed by atoms with van der Waals surface area (Å²) in [6.07, 6.45) is 0.0446. The zero-order valence-electron chi connectivity index (χ0n) is 11.9. The highest BCUT2D eigenvalue weighted by Crippen LogP contribution is 2.23. The standard InChI is InChI=1S/C14H18Cl2N2O3/c1-9(19)8-17-14(20)6-5-13(18-21-2)10-3-4-11(15)12(16)7-10/h3-4,7,9,19H,5-6,8H2,1-2H3,(H,17,20). The Morgan fingerprint density at radius 3 is 2.67 bits per heavy atom. The van der Waals surface area contributed by atoms with E-state index >= 15 is 0 Å². The molecule has 0 fully saturated rings. The third-order valence-electron chi connectivity index (χ3n) is 2.64. The summed E-state index contributed by atoms with van der Waals surface area (Å²) < 4.78 is 0. The molecule has 0 radical (unpaired) electrons. The molecular formula is C14H18Cl2N2O3. The third kappa shape index (κ3) is 6.33. The largest absolute Gasteiger partial charge is 0.399 e. The lowest BCUT2D eigenvalue weighted by Crippen LogP contribution is -2.30. The molecule has 1 amide bonds. The Kier molecular flexibility index (Phi) is 7.50. The Bertz CT molecular complexity index is 519. The van der Waals surface area contributed by atoms with Crippen LogP contribution in [0.2, 0.25) is 10.0 Å². The van der Waals surface area contributed by atoms with Crippen molar-refractivity contribution in [1.29, 1.82) is 0 Å². The molecule has 0 saturated heterocycles. The average Bonchev–Trinajstić information content (AvgIpc) is 2.44. The second-order valence-corrected chi connectivity index (χ2v) is 5.32. The SMILES string of the molecule is CON=C(CCC(=O)NCC(C)O)c1ccc(Cl)c(Cl)c1. The van der Waals surface area contributed by atoms with E-state index in [0.29, 0.717) is 22.2 Å². The van der Waals surface area contributed by atoms with E-state index in [0.717, 1.165) is 5.56 Å². The molecule has 1 unspecified atom stereocenters. The van der Waals surface area contributed by atoms with Crippen molar-refractivity contribution < 1.29 is 14.7 Å². The molecule has 116 valence electrons. The summed E-state index contributed by atoms with van der Waals surface area (Å²) in [6.45, 7) is 1.83. The van der Waals surface area contributed by atoms with Crippen molar-refractivity contribution in [3.63, 3.8) is 0 Å². The molecule has 0 saturated carbocycles. The van der Waals surface area contributed by atoms with E-state index in [4.69, 9.17) is 33.1 Å². The van der Waals surface area contributed by atoms with Crippen molar-refractivity contribution in [3.8, 4) is 0 Å². The van der Waals surface area contributed by atoms with E-state index in [-0.39, 0.29) is 18.9 Å². The lowest BCUT2D eigenvalue weighted by molar-refractivity contribution is -0.121. The lowest BCUT2D eigenvalue weighted by Gasteiger charge is -2.09. The molecule has 7 heteroatoms. The van der Waals surface area contributed by atoms with Crippen LogP contribution in [0.4, 0.5) is 0 Å². The van der Waals surface area contributed by atoms with Gasteiger partial charge in [0.05, 0.1) is 21.9 Å². The molecule has 1 aromatic rings. The number of benzene rings is 1. The molecule has 1 atom stereocenters. The zero-order valence-corrected chi connectivity index (χ0v) is 13.4. The Hall–Kier alpha value is -1.30. The van der Waals surface area contributed by atoms with E-state index in [2.05, 4.69) is 10.5 Å². The van der Waals surface area contributed by atoms with E-state index in [1.807, 2.05) is 0 Å². The summed E-state index contributed by atoms with van der Waals surface area (Å²) in [5.74, 6) is -0.167. The van der Waals surface area contributed by atoms with Crippen LogP contribution in [0.5, 0.6) is 0 Å².